The molecule has 1 aliphatic carbocycles. The van der Waals surface area contributed by atoms with Gasteiger partial charge in [0.25, 0.3) is 5.84 Å². The molecule has 13 heteroatoms. The molecule has 236 valence electrons. The van der Waals surface area contributed by atoms with E-state index in [1.165, 1.54) is 12.1 Å². The van der Waals surface area contributed by atoms with Crippen LogP contribution >= 0.6 is 0 Å². The van der Waals surface area contributed by atoms with Crippen LogP contribution in [0.1, 0.15) is 84.0 Å². The number of amidine groups is 1. The number of rotatable bonds is 11. The van der Waals surface area contributed by atoms with Crippen molar-refractivity contribution < 1.29 is 38.7 Å². The monoisotopic (exact) mass is 601 g/mol. The van der Waals surface area contributed by atoms with Gasteiger partial charge in [-0.25, -0.2) is 4.99 Å². The van der Waals surface area contributed by atoms with E-state index >= 15 is 0 Å². The third-order valence-electron chi connectivity index (χ3n) is 8.25. The summed E-state index contributed by atoms with van der Waals surface area (Å²) in [6.45, 7) is 6.75. The molecule has 1 aliphatic heterocycles. The number of hydrogen-bond acceptors (Lipinski definition) is 9. The van der Waals surface area contributed by atoms with Crippen molar-refractivity contribution >= 4 is 30.0 Å². The van der Waals surface area contributed by atoms with Crippen LogP contribution < -0.4 is 16.5 Å². The summed E-state index contributed by atoms with van der Waals surface area (Å²) in [6.07, 6.45) is 2.93. The molecule has 2 heterocycles. The fourth-order valence-electron chi connectivity index (χ4n) is 5.19. The Morgan fingerprint density at radius 3 is 2.58 bits per heavy atom. The van der Waals surface area contributed by atoms with Gasteiger partial charge in [-0.05, 0) is 43.2 Å². The molecular formula is C30H45N6O7+. The summed E-state index contributed by atoms with van der Waals surface area (Å²) in [5.74, 6) is -1.84. The lowest BCUT2D eigenvalue weighted by atomic mass is 9.87. The van der Waals surface area contributed by atoms with Gasteiger partial charge in [0.2, 0.25) is 5.60 Å². The number of hydrogen-bond donors (Lipinski definition) is 5. The van der Waals surface area contributed by atoms with Gasteiger partial charge in [-0.15, -0.1) is 0 Å². The van der Waals surface area contributed by atoms with Gasteiger partial charge in [0, 0.05) is 6.42 Å². The second-order valence-corrected chi connectivity index (χ2v) is 11.7. The molecule has 13 nitrogen and oxygen atoms in total. The van der Waals surface area contributed by atoms with Crippen molar-refractivity contribution in [2.24, 2.45) is 34.2 Å². The molecule has 0 radical (unpaired) electrons. The van der Waals surface area contributed by atoms with Crippen molar-refractivity contribution in [2.75, 3.05) is 6.61 Å². The SMILES string of the molecule is CC[C@H](C)C(=O)N=C([NH+]=CN)c1ccc([C@]2(C#N)O[C@H](COC(=O)CC3CCCCC3)[C@@H](OC(=O)[C@@H](N)C(C)C)[C@H]2O)[nH]1. The number of nitriles is 1. The number of esters is 2. The van der Waals surface area contributed by atoms with Gasteiger partial charge < -0.3 is 35.8 Å². The van der Waals surface area contributed by atoms with Gasteiger partial charge in [0.15, 0.2) is 12.4 Å². The zero-order valence-corrected chi connectivity index (χ0v) is 25.4. The molecule has 0 bridgehead atoms. The second kappa shape index (κ2) is 15.2. The van der Waals surface area contributed by atoms with Crippen molar-refractivity contribution in [3.8, 4) is 6.07 Å². The Kier molecular flexibility index (Phi) is 12.0. The molecule has 6 atom stereocenters. The van der Waals surface area contributed by atoms with E-state index < -0.39 is 41.9 Å². The number of aromatic amines is 1. The first-order chi connectivity index (χ1) is 20.5. The Hall–Kier alpha value is -3.60. The van der Waals surface area contributed by atoms with E-state index in [2.05, 4.69) is 15.0 Å². The van der Waals surface area contributed by atoms with Crippen molar-refractivity contribution in [1.82, 2.24) is 4.98 Å². The maximum atomic E-state index is 12.8. The molecule has 0 unspecified atom stereocenters. The number of carbonyl (C=O) groups is 3. The summed E-state index contributed by atoms with van der Waals surface area (Å²) in [7, 11) is 0. The van der Waals surface area contributed by atoms with E-state index in [1.807, 2.05) is 13.0 Å². The number of nitrogens with zero attached hydrogens (tertiary/aromatic N) is 2. The Bertz CT molecular complexity index is 1230. The summed E-state index contributed by atoms with van der Waals surface area (Å²) >= 11 is 0. The number of H-pyrrole nitrogens is 1. The standard InChI is InChI=1S/C30H44N6O7/c1-5-18(4)28(39)36-27(34-16-32)20-11-12-22(35-20)30(15-31)26(38)25(42-29(40)24(33)17(2)3)21(43-30)14-41-23(37)13-19-9-7-6-8-10-19/h11-12,16-19,21,24-26,35,38H,5-10,13-14,33H2,1-4H3,(H2,32,34,36,39)/p+1/t18-,21+,24-,25+,26+,30-/m0/s1. The minimum Gasteiger partial charge on any atom is -0.463 e. The van der Waals surface area contributed by atoms with Crippen LogP contribution in [-0.4, -0.2) is 71.1 Å². The molecule has 0 aromatic carbocycles. The molecule has 2 aliphatic rings. The molecule has 7 N–H and O–H groups in total. The normalized spacial score (nSPS) is 26.3. The predicted molar refractivity (Wildman–Crippen MR) is 156 cm³/mol. The Balaban J connectivity index is 1.90. The summed E-state index contributed by atoms with van der Waals surface area (Å²) in [5, 5.41) is 21.8. The number of aromatic nitrogens is 1. The predicted octanol–water partition coefficient (Wildman–Crippen LogP) is 0.289. The van der Waals surface area contributed by atoms with Crippen LogP contribution in [0.3, 0.4) is 0 Å². The number of aliphatic hydroxyl groups is 1. The number of amides is 1. The highest BCUT2D eigenvalue weighted by atomic mass is 16.6. The fourth-order valence-corrected chi connectivity index (χ4v) is 5.19. The number of nitrogens with two attached hydrogens (primary N) is 2. The first kappa shape index (κ1) is 33.9. The van der Waals surface area contributed by atoms with E-state index in [0.29, 0.717) is 6.42 Å². The molecular weight excluding hydrogens is 556 g/mol. The smallest absolute Gasteiger partial charge is 0.323 e. The molecule has 0 spiro atoms. The Morgan fingerprint density at radius 1 is 1.28 bits per heavy atom. The van der Waals surface area contributed by atoms with E-state index in [-0.39, 0.29) is 53.9 Å². The molecule has 1 saturated carbocycles. The number of aliphatic hydroxyl groups excluding tert-OH is 1. The minimum atomic E-state index is -2.05. The van der Waals surface area contributed by atoms with Crippen LogP contribution in [0.4, 0.5) is 0 Å². The third-order valence-corrected chi connectivity index (χ3v) is 8.25. The minimum absolute atomic E-state index is 0.0960. The van der Waals surface area contributed by atoms with Gasteiger partial charge in [-0.2, -0.15) is 5.26 Å². The average Bonchev–Trinajstić information content (AvgIpc) is 3.59. The number of aliphatic imine (C=N–C) groups is 1. The molecule has 1 saturated heterocycles. The Morgan fingerprint density at radius 2 is 1.98 bits per heavy atom. The third kappa shape index (κ3) is 8.07. The maximum Gasteiger partial charge on any atom is 0.323 e. The average molecular weight is 602 g/mol. The summed E-state index contributed by atoms with van der Waals surface area (Å²) in [6, 6.07) is 4.04. The number of ether oxygens (including phenoxy) is 3. The van der Waals surface area contributed by atoms with Gasteiger partial charge in [0.1, 0.15) is 36.6 Å². The van der Waals surface area contributed by atoms with Gasteiger partial charge >= 0.3 is 17.8 Å². The first-order valence-corrected chi connectivity index (χ1v) is 15.0. The molecule has 1 aromatic rings. The van der Waals surface area contributed by atoms with Gasteiger partial charge in [-0.3, -0.25) is 14.4 Å². The summed E-state index contributed by atoms with van der Waals surface area (Å²) in [4.78, 5) is 47.8. The van der Waals surface area contributed by atoms with Gasteiger partial charge in [0.05, 0.1) is 11.6 Å². The van der Waals surface area contributed by atoms with Crippen molar-refractivity contribution in [1.29, 1.82) is 5.26 Å². The lowest BCUT2D eigenvalue weighted by Crippen LogP contribution is -2.76. The van der Waals surface area contributed by atoms with Crippen molar-refractivity contribution in [2.45, 2.75) is 103 Å². The Labute approximate surface area is 252 Å². The van der Waals surface area contributed by atoms with E-state index in [0.717, 1.165) is 38.4 Å². The summed E-state index contributed by atoms with van der Waals surface area (Å²) < 4.78 is 17.2. The largest absolute Gasteiger partial charge is 0.463 e. The molecule has 1 aromatic heterocycles. The number of carbonyl (C=O) groups excluding carboxylic acids is 3. The highest BCUT2D eigenvalue weighted by molar-refractivity contribution is 5.99. The van der Waals surface area contributed by atoms with E-state index in [1.54, 1.807) is 20.8 Å². The summed E-state index contributed by atoms with van der Waals surface area (Å²) in [5.41, 5.74) is 9.87. The fraction of sp³-hybridized carbons (Fsp3) is 0.667. The van der Waals surface area contributed by atoms with Crippen molar-refractivity contribution in [3.05, 3.63) is 23.5 Å². The number of nitrogens with one attached hydrogen (secondary N) is 2. The lowest BCUT2D eigenvalue weighted by Gasteiger charge is -2.25. The zero-order valence-electron chi connectivity index (χ0n) is 25.4. The maximum absolute atomic E-state index is 12.8. The molecule has 1 amide bonds. The van der Waals surface area contributed by atoms with Crippen molar-refractivity contribution in [3.63, 3.8) is 0 Å². The highest BCUT2D eigenvalue weighted by Crippen LogP contribution is 2.41. The van der Waals surface area contributed by atoms with Crippen LogP contribution in [0.25, 0.3) is 0 Å². The van der Waals surface area contributed by atoms with Crippen LogP contribution in [0.5, 0.6) is 0 Å². The van der Waals surface area contributed by atoms with Crippen LogP contribution in [0.15, 0.2) is 17.1 Å². The van der Waals surface area contributed by atoms with E-state index in [9.17, 15) is 24.8 Å². The molecule has 43 heavy (non-hydrogen) atoms. The molecule has 2 fully saturated rings. The van der Waals surface area contributed by atoms with Crippen LogP contribution in [-0.2, 0) is 34.2 Å². The molecule has 3 rings (SSSR count). The van der Waals surface area contributed by atoms with Crippen LogP contribution in [0, 0.1) is 29.1 Å². The topological polar surface area (TPSA) is 217 Å². The second-order valence-electron chi connectivity index (χ2n) is 11.7. The zero-order chi connectivity index (χ0) is 31.7. The first-order valence-electron chi connectivity index (χ1n) is 15.0. The lowest BCUT2D eigenvalue weighted by molar-refractivity contribution is -0.309. The van der Waals surface area contributed by atoms with E-state index in [4.69, 9.17) is 25.7 Å². The highest BCUT2D eigenvalue weighted by Gasteiger charge is 2.59. The van der Waals surface area contributed by atoms with Gasteiger partial charge in [-0.1, -0.05) is 51.9 Å². The quantitative estimate of drug-likeness (QED) is 0.133. The van der Waals surface area contributed by atoms with Crippen LogP contribution in [0.2, 0.25) is 0 Å².